The third-order valence-electron chi connectivity index (χ3n) is 3.56. The van der Waals surface area contributed by atoms with Gasteiger partial charge >= 0.3 is 0 Å². The summed E-state index contributed by atoms with van der Waals surface area (Å²) in [5, 5.41) is 40.3. The van der Waals surface area contributed by atoms with Gasteiger partial charge in [-0.05, 0) is 6.42 Å². The van der Waals surface area contributed by atoms with Crippen LogP contribution >= 0.6 is 0 Å². The second kappa shape index (κ2) is 7.40. The minimum atomic E-state index is -1.96. The monoisotopic (exact) mass is 261 g/mol. The van der Waals surface area contributed by atoms with Gasteiger partial charge in [-0.2, -0.15) is 5.11 Å². The predicted octanol–water partition coefficient (Wildman–Crippen LogP) is 0.977. The molecule has 18 heavy (non-hydrogen) atoms. The molecule has 0 saturated carbocycles. The van der Waals surface area contributed by atoms with Crippen molar-refractivity contribution in [3.8, 4) is 0 Å². The minimum absolute atomic E-state index is 0.174. The Kier molecular flexibility index (Phi) is 6.52. The summed E-state index contributed by atoms with van der Waals surface area (Å²) in [6.07, 6.45) is 2.70. The van der Waals surface area contributed by atoms with E-state index in [1.54, 1.807) is 0 Å². The highest BCUT2D eigenvalue weighted by Crippen LogP contribution is 2.33. The van der Waals surface area contributed by atoms with Crippen LogP contribution in [0.3, 0.4) is 0 Å². The summed E-state index contributed by atoms with van der Waals surface area (Å²) in [7, 11) is 0. The van der Waals surface area contributed by atoms with E-state index in [0.29, 0.717) is 6.42 Å². The summed E-state index contributed by atoms with van der Waals surface area (Å²) in [4.78, 5) is 0. The zero-order chi connectivity index (χ0) is 13.6. The van der Waals surface area contributed by atoms with Gasteiger partial charge < -0.3 is 20.1 Å². The predicted molar refractivity (Wildman–Crippen MR) is 65.4 cm³/mol. The molecule has 1 fully saturated rings. The van der Waals surface area contributed by atoms with Gasteiger partial charge in [-0.25, -0.2) is 0 Å². The van der Waals surface area contributed by atoms with E-state index in [4.69, 9.17) is 9.84 Å². The molecule has 1 aliphatic heterocycles. The zero-order valence-corrected chi connectivity index (χ0v) is 11.0. The van der Waals surface area contributed by atoms with E-state index in [2.05, 4.69) is 6.92 Å². The number of rotatable bonds is 8. The Morgan fingerprint density at radius 2 is 1.72 bits per heavy atom. The van der Waals surface area contributed by atoms with Gasteiger partial charge in [0, 0.05) is 6.42 Å². The summed E-state index contributed by atoms with van der Waals surface area (Å²) < 4.78 is 5.04. The summed E-state index contributed by atoms with van der Waals surface area (Å²) >= 11 is 0. The molecular formula is C13H25O5. The first-order chi connectivity index (χ1) is 8.55. The quantitative estimate of drug-likeness (QED) is 0.568. The molecule has 3 N–H and O–H groups in total. The molecule has 0 bridgehead atoms. The Hall–Kier alpha value is -0.200. The molecule has 4 atom stereocenters. The lowest BCUT2D eigenvalue weighted by Gasteiger charge is -2.23. The first kappa shape index (κ1) is 15.9. The van der Waals surface area contributed by atoms with Crippen LogP contribution in [0.25, 0.3) is 0 Å². The van der Waals surface area contributed by atoms with Crippen molar-refractivity contribution in [2.75, 3.05) is 6.61 Å². The standard InChI is InChI=1S/C13H25O5/c1-2-3-4-5-6-7-8-13(17)12(16)11(15)10(9-14)18-13/h10-12,14-16H,2-9H2,1H3/t10-,11-,12-,13?/m1/s1. The molecule has 0 amide bonds. The van der Waals surface area contributed by atoms with E-state index in [9.17, 15) is 15.3 Å². The van der Waals surface area contributed by atoms with E-state index >= 15 is 0 Å². The van der Waals surface area contributed by atoms with E-state index in [1.165, 1.54) is 12.8 Å². The average molecular weight is 261 g/mol. The lowest BCUT2D eigenvalue weighted by atomic mass is 9.99. The third-order valence-corrected chi connectivity index (χ3v) is 3.56. The fraction of sp³-hybridized carbons (Fsp3) is 1.00. The molecule has 0 spiro atoms. The first-order valence-corrected chi connectivity index (χ1v) is 6.90. The van der Waals surface area contributed by atoms with Crippen LogP contribution in [0, 0.1) is 0 Å². The Labute approximate surface area is 108 Å². The topological polar surface area (TPSA) is 89.8 Å². The highest BCUT2D eigenvalue weighted by atomic mass is 16.7. The summed E-state index contributed by atoms with van der Waals surface area (Å²) in [6, 6.07) is 0. The highest BCUT2D eigenvalue weighted by molar-refractivity contribution is 4.94. The summed E-state index contributed by atoms with van der Waals surface area (Å²) in [5.41, 5.74) is 0. The van der Waals surface area contributed by atoms with Gasteiger partial charge in [0.1, 0.15) is 18.3 Å². The van der Waals surface area contributed by atoms with Crippen molar-refractivity contribution < 1.29 is 25.2 Å². The maximum absolute atomic E-state index is 12.2. The lowest BCUT2D eigenvalue weighted by molar-refractivity contribution is -0.268. The molecule has 0 aromatic carbocycles. The van der Waals surface area contributed by atoms with Crippen LogP contribution in [0.2, 0.25) is 0 Å². The van der Waals surface area contributed by atoms with Crippen molar-refractivity contribution in [1.29, 1.82) is 0 Å². The Morgan fingerprint density at radius 1 is 1.11 bits per heavy atom. The van der Waals surface area contributed by atoms with Crippen LogP contribution in [0.5, 0.6) is 0 Å². The molecular weight excluding hydrogens is 236 g/mol. The molecule has 5 nitrogen and oxygen atoms in total. The number of unbranched alkanes of at least 4 members (excludes halogenated alkanes) is 5. The molecule has 1 saturated heterocycles. The van der Waals surface area contributed by atoms with Crippen LogP contribution in [0.4, 0.5) is 0 Å². The minimum Gasteiger partial charge on any atom is -0.394 e. The number of ether oxygens (including phenoxy) is 1. The zero-order valence-electron chi connectivity index (χ0n) is 11.0. The van der Waals surface area contributed by atoms with Crippen molar-refractivity contribution in [3.63, 3.8) is 0 Å². The highest BCUT2D eigenvalue weighted by Gasteiger charge is 2.53. The van der Waals surface area contributed by atoms with Gasteiger partial charge in [0.05, 0.1) is 6.61 Å². The first-order valence-electron chi connectivity index (χ1n) is 6.90. The summed E-state index contributed by atoms with van der Waals surface area (Å²) in [5.74, 6) is -1.96. The number of aliphatic hydroxyl groups is 3. The lowest BCUT2D eigenvalue weighted by Crippen LogP contribution is -2.42. The molecule has 1 radical (unpaired) electrons. The van der Waals surface area contributed by atoms with Gasteiger partial charge in [-0.3, -0.25) is 0 Å². The number of hydrogen-bond donors (Lipinski definition) is 3. The number of aliphatic hydroxyl groups excluding tert-OH is 3. The van der Waals surface area contributed by atoms with Crippen molar-refractivity contribution in [2.45, 2.75) is 76.0 Å². The van der Waals surface area contributed by atoms with E-state index < -0.39 is 30.7 Å². The van der Waals surface area contributed by atoms with Crippen molar-refractivity contribution in [1.82, 2.24) is 0 Å². The fourth-order valence-corrected chi connectivity index (χ4v) is 2.36. The third kappa shape index (κ3) is 3.90. The summed E-state index contributed by atoms with van der Waals surface area (Å²) in [6.45, 7) is 1.70. The largest absolute Gasteiger partial charge is 0.394 e. The molecule has 1 heterocycles. The molecule has 0 aliphatic carbocycles. The smallest absolute Gasteiger partial charge is 0.231 e. The maximum atomic E-state index is 12.2. The molecule has 1 rings (SSSR count). The van der Waals surface area contributed by atoms with Crippen LogP contribution in [-0.2, 0) is 9.84 Å². The molecule has 0 aromatic rings. The van der Waals surface area contributed by atoms with Gasteiger partial charge in [0.15, 0.2) is 0 Å². The van der Waals surface area contributed by atoms with Gasteiger partial charge in [-0.15, -0.1) is 0 Å². The van der Waals surface area contributed by atoms with Crippen molar-refractivity contribution in [3.05, 3.63) is 0 Å². The normalized spacial score (nSPS) is 36.2. The maximum Gasteiger partial charge on any atom is 0.231 e. The van der Waals surface area contributed by atoms with E-state index in [0.717, 1.165) is 19.3 Å². The van der Waals surface area contributed by atoms with Crippen LogP contribution < -0.4 is 0 Å². The van der Waals surface area contributed by atoms with Crippen molar-refractivity contribution in [2.24, 2.45) is 0 Å². The Bertz CT molecular complexity index is 235. The van der Waals surface area contributed by atoms with E-state index in [1.807, 2.05) is 0 Å². The molecule has 1 unspecified atom stereocenters. The van der Waals surface area contributed by atoms with Crippen LogP contribution in [-0.4, -0.2) is 46.0 Å². The van der Waals surface area contributed by atoms with E-state index in [-0.39, 0.29) is 6.42 Å². The molecule has 0 aromatic heterocycles. The Balaban J connectivity index is 2.28. The average Bonchev–Trinajstić information content (AvgIpc) is 2.58. The van der Waals surface area contributed by atoms with Gasteiger partial charge in [0.25, 0.3) is 0 Å². The SMILES string of the molecule is CCCCCCCCC1([O])O[C@H](CO)[C@@H](O)[C@H]1O. The second-order valence-corrected chi connectivity index (χ2v) is 5.10. The number of hydrogen-bond acceptors (Lipinski definition) is 4. The van der Waals surface area contributed by atoms with Crippen molar-refractivity contribution >= 4 is 0 Å². The molecule has 5 heteroatoms. The van der Waals surface area contributed by atoms with Crippen LogP contribution in [0.15, 0.2) is 0 Å². The fourth-order valence-electron chi connectivity index (χ4n) is 2.36. The molecule has 1 aliphatic rings. The second-order valence-electron chi connectivity index (χ2n) is 5.10. The van der Waals surface area contributed by atoms with Gasteiger partial charge in [0.2, 0.25) is 5.79 Å². The molecule has 107 valence electrons. The van der Waals surface area contributed by atoms with Gasteiger partial charge in [-0.1, -0.05) is 39.0 Å². The Morgan fingerprint density at radius 3 is 2.28 bits per heavy atom. The van der Waals surface area contributed by atoms with Crippen LogP contribution in [0.1, 0.15) is 51.9 Å².